The number of nitrogens with two attached hydrogens (primary N) is 1. The van der Waals surface area contributed by atoms with E-state index in [1.807, 2.05) is 7.05 Å². The Balaban J connectivity index is 1.92. The van der Waals surface area contributed by atoms with Gasteiger partial charge in [-0.2, -0.15) is 0 Å². The molecular formula is C11H18N6O2S. The number of hydrogen-bond acceptors (Lipinski definition) is 6. The molecule has 0 aromatic carbocycles. The van der Waals surface area contributed by atoms with E-state index in [0.717, 1.165) is 5.16 Å². The molecule has 3 N–H and O–H groups in total. The number of aromatic nitrogens is 3. The first-order valence-corrected chi connectivity index (χ1v) is 7.20. The first kappa shape index (κ1) is 14.8. The van der Waals surface area contributed by atoms with Crippen molar-refractivity contribution in [3.63, 3.8) is 0 Å². The standard InChI is InChI=1S/C11H18N6O2S/c1-11(2)8(18)17(9(19)13-11)4-5-20-10-15-14-7(6-12)16(10)3/h4-6,12H2,1-3H3,(H,13,19). The van der Waals surface area contributed by atoms with Crippen LogP contribution in [-0.2, 0) is 18.4 Å². The topological polar surface area (TPSA) is 106 Å². The van der Waals surface area contributed by atoms with Crippen molar-refractivity contribution in [3.8, 4) is 0 Å². The number of nitrogens with zero attached hydrogens (tertiary/aromatic N) is 4. The number of hydrogen-bond donors (Lipinski definition) is 2. The fraction of sp³-hybridized carbons (Fsp3) is 0.636. The van der Waals surface area contributed by atoms with Gasteiger partial charge in [0.2, 0.25) is 0 Å². The Morgan fingerprint density at radius 2 is 2.05 bits per heavy atom. The molecule has 0 unspecified atom stereocenters. The second-order valence-electron chi connectivity index (χ2n) is 5.02. The van der Waals surface area contributed by atoms with E-state index in [4.69, 9.17) is 5.73 Å². The zero-order valence-corrected chi connectivity index (χ0v) is 12.5. The molecule has 0 aliphatic carbocycles. The monoisotopic (exact) mass is 298 g/mol. The predicted molar refractivity (Wildman–Crippen MR) is 73.9 cm³/mol. The fourth-order valence-electron chi connectivity index (χ4n) is 1.90. The summed E-state index contributed by atoms with van der Waals surface area (Å²) in [5.41, 5.74) is 4.70. The number of carbonyl (C=O) groups excluding carboxylic acids is 2. The zero-order chi connectivity index (χ0) is 14.9. The Bertz CT molecular complexity index is 541. The van der Waals surface area contributed by atoms with E-state index in [9.17, 15) is 9.59 Å². The number of urea groups is 1. The maximum atomic E-state index is 12.0. The lowest BCUT2D eigenvalue weighted by Gasteiger charge is -2.15. The molecule has 0 spiro atoms. The molecule has 2 rings (SSSR count). The van der Waals surface area contributed by atoms with Gasteiger partial charge in [0, 0.05) is 19.3 Å². The van der Waals surface area contributed by atoms with Crippen LogP contribution in [0.25, 0.3) is 0 Å². The lowest BCUT2D eigenvalue weighted by atomic mass is 10.1. The predicted octanol–water partition coefficient (Wildman–Crippen LogP) is -0.304. The van der Waals surface area contributed by atoms with Crippen molar-refractivity contribution in [1.82, 2.24) is 25.0 Å². The third kappa shape index (κ3) is 2.63. The highest BCUT2D eigenvalue weighted by Gasteiger charge is 2.43. The summed E-state index contributed by atoms with van der Waals surface area (Å²) in [6, 6.07) is -0.346. The Kier molecular flexibility index (Phi) is 4.00. The molecule has 0 saturated carbocycles. The van der Waals surface area contributed by atoms with Crippen molar-refractivity contribution in [2.75, 3.05) is 12.3 Å². The molecule has 0 atom stereocenters. The van der Waals surface area contributed by atoms with Gasteiger partial charge in [-0.25, -0.2) is 4.79 Å². The number of nitrogens with one attached hydrogen (secondary N) is 1. The van der Waals surface area contributed by atoms with Crippen LogP contribution in [0, 0.1) is 0 Å². The van der Waals surface area contributed by atoms with Crippen molar-refractivity contribution in [2.45, 2.75) is 31.1 Å². The summed E-state index contributed by atoms with van der Waals surface area (Å²) in [6.45, 7) is 4.04. The summed E-state index contributed by atoms with van der Waals surface area (Å²) in [7, 11) is 1.83. The van der Waals surface area contributed by atoms with Gasteiger partial charge >= 0.3 is 6.03 Å². The van der Waals surface area contributed by atoms with Crippen LogP contribution in [0.1, 0.15) is 19.7 Å². The first-order valence-electron chi connectivity index (χ1n) is 6.22. The highest BCUT2D eigenvalue weighted by molar-refractivity contribution is 7.99. The van der Waals surface area contributed by atoms with Gasteiger partial charge in [-0.05, 0) is 13.8 Å². The largest absolute Gasteiger partial charge is 0.325 e. The molecule has 9 heteroatoms. The van der Waals surface area contributed by atoms with Crippen LogP contribution in [0.2, 0.25) is 0 Å². The zero-order valence-electron chi connectivity index (χ0n) is 11.7. The van der Waals surface area contributed by atoms with Crippen LogP contribution in [0.5, 0.6) is 0 Å². The van der Waals surface area contributed by atoms with Crippen molar-refractivity contribution in [2.24, 2.45) is 12.8 Å². The maximum absolute atomic E-state index is 12.0. The highest BCUT2D eigenvalue weighted by atomic mass is 32.2. The Labute approximate surface area is 121 Å². The van der Waals surface area contributed by atoms with Crippen LogP contribution in [-0.4, -0.2) is 49.4 Å². The minimum absolute atomic E-state index is 0.205. The van der Waals surface area contributed by atoms with Crippen molar-refractivity contribution >= 4 is 23.7 Å². The van der Waals surface area contributed by atoms with Gasteiger partial charge in [-0.1, -0.05) is 11.8 Å². The smallest absolute Gasteiger partial charge is 0.324 e. The number of thioether (sulfide) groups is 1. The minimum Gasteiger partial charge on any atom is -0.324 e. The van der Waals surface area contributed by atoms with Crippen LogP contribution in [0.3, 0.4) is 0 Å². The van der Waals surface area contributed by atoms with Crippen LogP contribution in [0.15, 0.2) is 5.16 Å². The summed E-state index contributed by atoms with van der Waals surface area (Å²) in [5, 5.41) is 11.3. The molecule has 110 valence electrons. The molecule has 1 aromatic rings. The molecule has 0 bridgehead atoms. The number of carbonyl (C=O) groups is 2. The summed E-state index contributed by atoms with van der Waals surface area (Å²) < 4.78 is 1.81. The van der Waals surface area contributed by atoms with E-state index >= 15 is 0 Å². The molecule has 1 aliphatic heterocycles. The van der Waals surface area contributed by atoms with Gasteiger partial charge in [-0.15, -0.1) is 10.2 Å². The molecule has 0 radical (unpaired) electrons. The van der Waals surface area contributed by atoms with Crippen molar-refractivity contribution < 1.29 is 9.59 Å². The van der Waals surface area contributed by atoms with E-state index in [1.165, 1.54) is 16.7 Å². The van der Waals surface area contributed by atoms with E-state index in [-0.39, 0.29) is 11.9 Å². The van der Waals surface area contributed by atoms with Crippen molar-refractivity contribution in [1.29, 1.82) is 0 Å². The average molecular weight is 298 g/mol. The van der Waals surface area contributed by atoms with Gasteiger partial charge in [0.1, 0.15) is 11.4 Å². The molecule has 20 heavy (non-hydrogen) atoms. The molecule has 1 aliphatic rings. The van der Waals surface area contributed by atoms with Gasteiger partial charge in [0.25, 0.3) is 5.91 Å². The Morgan fingerprint density at radius 3 is 2.55 bits per heavy atom. The van der Waals surface area contributed by atoms with Gasteiger partial charge in [0.05, 0.1) is 6.54 Å². The van der Waals surface area contributed by atoms with Gasteiger partial charge < -0.3 is 15.6 Å². The molecule has 1 saturated heterocycles. The summed E-state index contributed by atoms with van der Waals surface area (Å²) in [6.07, 6.45) is 0. The van der Waals surface area contributed by atoms with E-state index < -0.39 is 5.54 Å². The third-order valence-electron chi connectivity index (χ3n) is 3.10. The first-order chi connectivity index (χ1) is 9.36. The molecule has 8 nitrogen and oxygen atoms in total. The van der Waals surface area contributed by atoms with Crippen molar-refractivity contribution in [3.05, 3.63) is 5.82 Å². The maximum Gasteiger partial charge on any atom is 0.325 e. The van der Waals surface area contributed by atoms with Gasteiger partial charge in [-0.3, -0.25) is 9.69 Å². The van der Waals surface area contributed by atoms with Crippen LogP contribution < -0.4 is 11.1 Å². The lowest BCUT2D eigenvalue weighted by molar-refractivity contribution is -0.130. The summed E-state index contributed by atoms with van der Waals surface area (Å²) >= 11 is 1.43. The van der Waals surface area contributed by atoms with Crippen LogP contribution >= 0.6 is 11.8 Å². The highest BCUT2D eigenvalue weighted by Crippen LogP contribution is 2.19. The second kappa shape index (κ2) is 5.41. The molecule has 3 amide bonds. The molecule has 2 heterocycles. The Hall–Kier alpha value is -1.61. The average Bonchev–Trinajstić information content (AvgIpc) is 2.82. The summed E-state index contributed by atoms with van der Waals surface area (Å²) in [4.78, 5) is 24.9. The van der Waals surface area contributed by atoms with Gasteiger partial charge in [0.15, 0.2) is 5.16 Å². The van der Waals surface area contributed by atoms with E-state index in [2.05, 4.69) is 15.5 Å². The normalized spacial score (nSPS) is 17.7. The van der Waals surface area contributed by atoms with E-state index in [0.29, 0.717) is 24.7 Å². The second-order valence-corrected chi connectivity index (χ2v) is 6.08. The van der Waals surface area contributed by atoms with E-state index in [1.54, 1.807) is 18.4 Å². The SMILES string of the molecule is Cn1c(CN)nnc1SCCN1C(=O)NC(C)(C)C1=O. The third-order valence-corrected chi connectivity index (χ3v) is 4.10. The molecule has 1 fully saturated rings. The molecule has 1 aromatic heterocycles. The fourth-order valence-corrected chi connectivity index (χ4v) is 2.75. The number of amides is 3. The minimum atomic E-state index is -0.820. The molecular weight excluding hydrogens is 280 g/mol. The Morgan fingerprint density at radius 1 is 1.35 bits per heavy atom. The lowest BCUT2D eigenvalue weighted by Crippen LogP contribution is -2.40. The summed E-state index contributed by atoms with van der Waals surface area (Å²) in [5.74, 6) is 1.05. The number of rotatable bonds is 5. The quantitative estimate of drug-likeness (QED) is 0.571. The van der Waals surface area contributed by atoms with Crippen LogP contribution in [0.4, 0.5) is 4.79 Å². The number of imide groups is 1.